The predicted octanol–water partition coefficient (Wildman–Crippen LogP) is 2.43. The molecule has 1 aromatic rings. The lowest BCUT2D eigenvalue weighted by molar-refractivity contribution is -0.114. The number of carbonyl (C=O) groups is 1. The minimum absolute atomic E-state index is 0.174. The van der Waals surface area contributed by atoms with Crippen LogP contribution in [0.15, 0.2) is 66.1 Å². The Bertz CT molecular complexity index is 544. The number of methoxy groups -OCH3 is 1. The first kappa shape index (κ1) is 13.1. The van der Waals surface area contributed by atoms with E-state index < -0.39 is 0 Å². The monoisotopic (exact) mass is 257 g/mol. The maximum absolute atomic E-state index is 11.4. The second-order valence-corrected chi connectivity index (χ2v) is 4.12. The third kappa shape index (κ3) is 3.56. The van der Waals surface area contributed by atoms with Gasteiger partial charge in [0, 0.05) is 6.20 Å². The average Bonchev–Trinajstić information content (AvgIpc) is 2.42. The summed E-state index contributed by atoms with van der Waals surface area (Å²) in [7, 11) is 1.45. The maximum atomic E-state index is 11.4. The Hall–Kier alpha value is -2.33. The topological polar surface area (TPSA) is 49.8 Å². The fourth-order valence-electron chi connectivity index (χ4n) is 1.75. The summed E-state index contributed by atoms with van der Waals surface area (Å²) >= 11 is 0. The molecule has 1 aromatic carbocycles. The van der Waals surface area contributed by atoms with Gasteiger partial charge in [0.1, 0.15) is 0 Å². The van der Waals surface area contributed by atoms with Gasteiger partial charge in [-0.15, -0.1) is 0 Å². The van der Waals surface area contributed by atoms with E-state index in [-0.39, 0.29) is 11.5 Å². The van der Waals surface area contributed by atoms with Crippen molar-refractivity contribution in [3.05, 3.63) is 71.7 Å². The number of benzene rings is 1. The SMILES string of the molecule is COC1=C/C(=C/N(O)Cc2ccccc2)C=CC1=O. The highest BCUT2D eigenvalue weighted by Gasteiger charge is 2.11. The molecule has 1 N–H and O–H groups in total. The maximum Gasteiger partial charge on any atom is 0.220 e. The second-order valence-electron chi connectivity index (χ2n) is 4.12. The van der Waals surface area contributed by atoms with E-state index in [2.05, 4.69) is 0 Å². The molecule has 0 saturated carbocycles. The van der Waals surface area contributed by atoms with Gasteiger partial charge in [0.15, 0.2) is 5.76 Å². The van der Waals surface area contributed by atoms with Crippen molar-refractivity contribution in [1.29, 1.82) is 0 Å². The van der Waals surface area contributed by atoms with E-state index in [1.165, 1.54) is 13.2 Å². The summed E-state index contributed by atoms with van der Waals surface area (Å²) in [6, 6.07) is 9.61. The van der Waals surface area contributed by atoms with Gasteiger partial charge >= 0.3 is 0 Å². The molecule has 0 atom stereocenters. The van der Waals surface area contributed by atoms with Crippen molar-refractivity contribution in [3.8, 4) is 0 Å². The zero-order chi connectivity index (χ0) is 13.7. The first-order chi connectivity index (χ1) is 9.19. The lowest BCUT2D eigenvalue weighted by Crippen LogP contribution is -2.13. The van der Waals surface area contributed by atoms with Crippen LogP contribution in [0.4, 0.5) is 0 Å². The summed E-state index contributed by atoms with van der Waals surface area (Å²) in [5.41, 5.74) is 1.70. The van der Waals surface area contributed by atoms with Gasteiger partial charge in [0.25, 0.3) is 0 Å². The molecule has 0 fully saturated rings. The average molecular weight is 257 g/mol. The van der Waals surface area contributed by atoms with Crippen LogP contribution in [-0.2, 0) is 16.1 Å². The van der Waals surface area contributed by atoms with Gasteiger partial charge in [-0.1, -0.05) is 30.3 Å². The number of nitrogens with zero attached hydrogens (tertiary/aromatic N) is 1. The zero-order valence-electron chi connectivity index (χ0n) is 10.6. The Morgan fingerprint density at radius 3 is 2.68 bits per heavy atom. The summed E-state index contributed by atoms with van der Waals surface area (Å²) in [5, 5.41) is 10.9. The summed E-state index contributed by atoms with van der Waals surface area (Å²) in [6.45, 7) is 0.377. The molecule has 19 heavy (non-hydrogen) atoms. The van der Waals surface area contributed by atoms with E-state index in [1.807, 2.05) is 30.3 Å². The fraction of sp³-hybridized carbons (Fsp3) is 0.133. The van der Waals surface area contributed by atoms with Gasteiger partial charge in [0.05, 0.1) is 13.7 Å². The summed E-state index contributed by atoms with van der Waals surface area (Å²) in [4.78, 5) is 11.4. The Morgan fingerprint density at radius 1 is 1.26 bits per heavy atom. The molecule has 1 aliphatic rings. The van der Waals surface area contributed by atoms with Crippen LogP contribution < -0.4 is 0 Å². The Morgan fingerprint density at radius 2 is 2.00 bits per heavy atom. The highest BCUT2D eigenvalue weighted by atomic mass is 16.5. The number of ether oxygens (including phenoxy) is 1. The largest absolute Gasteiger partial charge is 0.493 e. The first-order valence-electron chi connectivity index (χ1n) is 5.88. The third-order valence-electron chi connectivity index (χ3n) is 2.67. The Kier molecular flexibility index (Phi) is 4.15. The Labute approximate surface area is 111 Å². The van der Waals surface area contributed by atoms with Gasteiger partial charge in [-0.3, -0.25) is 15.1 Å². The van der Waals surface area contributed by atoms with Crippen LogP contribution in [0.1, 0.15) is 5.56 Å². The molecule has 0 radical (unpaired) electrons. The first-order valence-corrected chi connectivity index (χ1v) is 5.88. The van der Waals surface area contributed by atoms with Crippen LogP contribution in [0.5, 0.6) is 0 Å². The highest BCUT2D eigenvalue weighted by molar-refractivity contribution is 6.04. The van der Waals surface area contributed by atoms with Crippen LogP contribution in [0.25, 0.3) is 0 Å². The second kappa shape index (κ2) is 6.02. The number of allylic oxidation sites excluding steroid dienone is 4. The molecule has 0 amide bonds. The Balaban J connectivity index is 2.07. The van der Waals surface area contributed by atoms with E-state index in [0.29, 0.717) is 12.1 Å². The van der Waals surface area contributed by atoms with Crippen molar-refractivity contribution in [3.63, 3.8) is 0 Å². The third-order valence-corrected chi connectivity index (χ3v) is 2.67. The number of rotatable bonds is 4. The number of hydrogen-bond acceptors (Lipinski definition) is 4. The molecule has 0 bridgehead atoms. The molecule has 0 aliphatic heterocycles. The molecule has 0 aromatic heterocycles. The van der Waals surface area contributed by atoms with Crippen molar-refractivity contribution in [1.82, 2.24) is 5.06 Å². The van der Waals surface area contributed by atoms with E-state index in [4.69, 9.17) is 4.74 Å². The quantitative estimate of drug-likeness (QED) is 0.842. The number of hydroxylamine groups is 2. The minimum Gasteiger partial charge on any atom is -0.493 e. The normalized spacial score (nSPS) is 16.4. The molecule has 1 aliphatic carbocycles. The van der Waals surface area contributed by atoms with Crippen molar-refractivity contribution < 1.29 is 14.7 Å². The van der Waals surface area contributed by atoms with Crippen LogP contribution >= 0.6 is 0 Å². The fourth-order valence-corrected chi connectivity index (χ4v) is 1.75. The molecule has 2 rings (SSSR count). The van der Waals surface area contributed by atoms with E-state index >= 15 is 0 Å². The molecule has 0 unspecified atom stereocenters. The highest BCUT2D eigenvalue weighted by Crippen LogP contribution is 2.14. The standard InChI is InChI=1S/C15H15NO3/c1-19-15-9-13(7-8-14(15)17)11-16(18)10-12-5-3-2-4-6-12/h2-9,11,18H,10H2,1H3/b13-11+. The molecule has 4 heteroatoms. The molecule has 0 spiro atoms. The number of carbonyl (C=O) groups excluding carboxylic acids is 1. The van der Waals surface area contributed by atoms with Crippen LogP contribution in [0, 0.1) is 0 Å². The molecular formula is C15H15NO3. The van der Waals surface area contributed by atoms with Gasteiger partial charge in [-0.2, -0.15) is 0 Å². The zero-order valence-corrected chi connectivity index (χ0v) is 10.6. The van der Waals surface area contributed by atoms with Crippen molar-refractivity contribution in [2.45, 2.75) is 6.54 Å². The summed E-state index contributed by atoms with van der Waals surface area (Å²) in [6.07, 6.45) is 6.20. The van der Waals surface area contributed by atoms with Gasteiger partial charge < -0.3 is 4.74 Å². The van der Waals surface area contributed by atoms with Gasteiger partial charge in [-0.05, 0) is 29.4 Å². The van der Waals surface area contributed by atoms with Crippen LogP contribution in [-0.4, -0.2) is 23.2 Å². The van der Waals surface area contributed by atoms with E-state index in [9.17, 15) is 10.0 Å². The lowest BCUT2D eigenvalue weighted by atomic mass is 10.1. The molecular weight excluding hydrogens is 242 g/mol. The van der Waals surface area contributed by atoms with Crippen LogP contribution in [0.2, 0.25) is 0 Å². The van der Waals surface area contributed by atoms with Crippen LogP contribution in [0.3, 0.4) is 0 Å². The number of ketones is 1. The molecule has 98 valence electrons. The smallest absolute Gasteiger partial charge is 0.220 e. The lowest BCUT2D eigenvalue weighted by Gasteiger charge is -2.14. The molecule has 4 nitrogen and oxygen atoms in total. The van der Waals surface area contributed by atoms with Crippen molar-refractivity contribution in [2.75, 3.05) is 7.11 Å². The van der Waals surface area contributed by atoms with Gasteiger partial charge in [-0.25, -0.2) is 0 Å². The van der Waals surface area contributed by atoms with E-state index in [0.717, 1.165) is 10.6 Å². The van der Waals surface area contributed by atoms with Crippen molar-refractivity contribution >= 4 is 5.78 Å². The van der Waals surface area contributed by atoms with Gasteiger partial charge in [0.2, 0.25) is 5.78 Å². The molecule has 0 saturated heterocycles. The van der Waals surface area contributed by atoms with E-state index in [1.54, 1.807) is 18.4 Å². The molecule has 0 heterocycles. The number of hydrogen-bond donors (Lipinski definition) is 1. The summed E-state index contributed by atoms with van der Waals surface area (Å²) in [5.74, 6) is 0.0917. The summed E-state index contributed by atoms with van der Waals surface area (Å²) < 4.78 is 4.95. The van der Waals surface area contributed by atoms with Crippen molar-refractivity contribution in [2.24, 2.45) is 0 Å². The minimum atomic E-state index is -0.174. The predicted molar refractivity (Wildman–Crippen MR) is 71.1 cm³/mol.